The number of carbonyl (C=O) groups excluding carboxylic acids is 1. The van der Waals surface area contributed by atoms with Crippen LogP contribution in [0.15, 0.2) is 66.2 Å². The van der Waals surface area contributed by atoms with E-state index in [1.54, 1.807) is 30.3 Å². The molecule has 0 aromatic heterocycles. The lowest BCUT2D eigenvalue weighted by Crippen LogP contribution is -2.14. The van der Waals surface area contributed by atoms with E-state index in [1.165, 1.54) is 6.07 Å². The first-order valence-electron chi connectivity index (χ1n) is 9.23. The number of aryl methyl sites for hydroxylation is 1. The maximum atomic E-state index is 13.8. The number of nitriles is 1. The Morgan fingerprint density at radius 2 is 1.77 bits per heavy atom. The second kappa shape index (κ2) is 10.7. The number of halogens is 3. The molecule has 3 aromatic carbocycles. The van der Waals surface area contributed by atoms with Crippen LogP contribution in [0.1, 0.15) is 16.7 Å². The van der Waals surface area contributed by atoms with Crippen molar-refractivity contribution in [2.45, 2.75) is 13.5 Å². The largest absolute Gasteiger partial charge is 0.487 e. The average molecular weight is 638 g/mol. The summed E-state index contributed by atoms with van der Waals surface area (Å²) in [7, 11) is 0. The van der Waals surface area contributed by atoms with Crippen molar-refractivity contribution in [2.75, 3.05) is 5.32 Å². The van der Waals surface area contributed by atoms with Crippen molar-refractivity contribution in [1.29, 1.82) is 5.26 Å². The number of hydrogen-bond donors (Lipinski definition) is 1. The summed E-state index contributed by atoms with van der Waals surface area (Å²) < 4.78 is 21.3. The summed E-state index contributed by atoms with van der Waals surface area (Å²) in [5, 5.41) is 12.3. The molecule has 0 bridgehead atoms. The fourth-order valence-electron chi connectivity index (χ4n) is 2.78. The van der Waals surface area contributed by atoms with Gasteiger partial charge in [0.05, 0.1) is 7.14 Å². The predicted octanol–water partition coefficient (Wildman–Crippen LogP) is 6.47. The minimum absolute atomic E-state index is 0.00474. The van der Waals surface area contributed by atoms with Gasteiger partial charge in [0, 0.05) is 11.3 Å². The Morgan fingerprint density at radius 3 is 2.42 bits per heavy atom. The van der Waals surface area contributed by atoms with Crippen molar-refractivity contribution in [1.82, 2.24) is 0 Å². The minimum atomic E-state index is -0.471. The maximum absolute atomic E-state index is 13.8. The Hall–Kier alpha value is -2.45. The van der Waals surface area contributed by atoms with E-state index in [2.05, 4.69) is 50.5 Å². The Morgan fingerprint density at radius 1 is 1.13 bits per heavy atom. The Labute approximate surface area is 207 Å². The molecule has 0 saturated carbocycles. The lowest BCUT2D eigenvalue weighted by Gasteiger charge is -2.12. The number of nitrogens with zero attached hydrogens (tertiary/aromatic N) is 1. The zero-order valence-electron chi connectivity index (χ0n) is 16.5. The standard InChI is InChI=1S/C24H17FI2N2O2/c1-15-6-2-5-9-22(15)29-24(30)18(13-28)10-16-11-20(26)23(21(27)12-16)31-14-17-7-3-4-8-19(17)25/h2-12H,14H2,1H3,(H,29,30)/b18-10-. The van der Waals surface area contributed by atoms with Gasteiger partial charge in [0.15, 0.2) is 0 Å². The molecule has 0 saturated heterocycles. The van der Waals surface area contributed by atoms with Gasteiger partial charge in [-0.05, 0) is 93.6 Å². The fourth-order valence-corrected chi connectivity index (χ4v) is 4.91. The lowest BCUT2D eigenvalue weighted by molar-refractivity contribution is -0.112. The van der Waals surface area contributed by atoms with E-state index >= 15 is 0 Å². The van der Waals surface area contributed by atoms with E-state index < -0.39 is 5.91 Å². The number of rotatable bonds is 6. The SMILES string of the molecule is Cc1ccccc1NC(=O)/C(C#N)=C\c1cc(I)c(OCc2ccccc2F)c(I)c1. The summed E-state index contributed by atoms with van der Waals surface area (Å²) >= 11 is 4.25. The van der Waals surface area contributed by atoms with Gasteiger partial charge in [-0.3, -0.25) is 4.79 Å². The number of para-hydroxylation sites is 1. The highest BCUT2D eigenvalue weighted by Gasteiger charge is 2.14. The first kappa shape index (κ1) is 23.2. The van der Waals surface area contributed by atoms with Crippen LogP contribution in [0.25, 0.3) is 6.08 Å². The van der Waals surface area contributed by atoms with Gasteiger partial charge in [-0.25, -0.2) is 4.39 Å². The third-order valence-corrected chi connectivity index (χ3v) is 6.02. The molecule has 156 valence electrons. The van der Waals surface area contributed by atoms with Gasteiger partial charge in [-0.15, -0.1) is 0 Å². The van der Waals surface area contributed by atoms with E-state index in [-0.39, 0.29) is 18.0 Å². The van der Waals surface area contributed by atoms with E-state index in [9.17, 15) is 14.4 Å². The second-order valence-corrected chi connectivity index (χ2v) is 8.96. The smallest absolute Gasteiger partial charge is 0.266 e. The summed E-state index contributed by atoms with van der Waals surface area (Å²) in [6.07, 6.45) is 1.54. The summed E-state index contributed by atoms with van der Waals surface area (Å²) in [5.74, 6) is -0.156. The van der Waals surface area contributed by atoms with Crippen molar-refractivity contribution >= 4 is 62.9 Å². The van der Waals surface area contributed by atoms with Gasteiger partial charge in [0.2, 0.25) is 0 Å². The van der Waals surface area contributed by atoms with E-state index in [0.717, 1.165) is 12.7 Å². The van der Waals surface area contributed by atoms with Crippen molar-refractivity contribution in [3.05, 3.63) is 95.9 Å². The number of hydrogen-bond acceptors (Lipinski definition) is 3. The average Bonchev–Trinajstić information content (AvgIpc) is 2.74. The van der Waals surface area contributed by atoms with Crippen LogP contribution in [0, 0.1) is 31.2 Å². The number of benzene rings is 3. The minimum Gasteiger partial charge on any atom is -0.487 e. The quantitative estimate of drug-likeness (QED) is 0.192. The third kappa shape index (κ3) is 6.04. The van der Waals surface area contributed by atoms with Crippen LogP contribution >= 0.6 is 45.2 Å². The monoisotopic (exact) mass is 638 g/mol. The molecule has 0 aliphatic heterocycles. The van der Waals surface area contributed by atoms with E-state index in [4.69, 9.17) is 4.74 Å². The van der Waals surface area contributed by atoms with Gasteiger partial charge in [0.1, 0.15) is 29.8 Å². The molecule has 0 fully saturated rings. The highest BCUT2D eigenvalue weighted by Crippen LogP contribution is 2.31. The molecule has 3 aromatic rings. The summed E-state index contributed by atoms with van der Waals surface area (Å²) in [6.45, 7) is 1.99. The summed E-state index contributed by atoms with van der Waals surface area (Å²) in [6, 6.07) is 19.4. The van der Waals surface area contributed by atoms with Crippen molar-refractivity contribution in [3.63, 3.8) is 0 Å². The molecule has 0 radical (unpaired) electrons. The number of anilines is 1. The van der Waals surface area contributed by atoms with Crippen LogP contribution in [0.2, 0.25) is 0 Å². The summed E-state index contributed by atoms with van der Waals surface area (Å²) in [4.78, 5) is 12.6. The van der Waals surface area contributed by atoms with E-state index in [0.29, 0.717) is 22.6 Å². The maximum Gasteiger partial charge on any atom is 0.266 e. The van der Waals surface area contributed by atoms with Crippen molar-refractivity contribution < 1.29 is 13.9 Å². The topological polar surface area (TPSA) is 62.1 Å². The molecule has 4 nitrogen and oxygen atoms in total. The second-order valence-electron chi connectivity index (χ2n) is 6.63. The molecule has 0 atom stereocenters. The predicted molar refractivity (Wildman–Crippen MR) is 136 cm³/mol. The Balaban J connectivity index is 1.80. The molecular weight excluding hydrogens is 621 g/mol. The molecule has 1 amide bonds. The molecule has 0 spiro atoms. The lowest BCUT2D eigenvalue weighted by atomic mass is 10.1. The number of nitrogens with one attached hydrogen (secondary N) is 1. The fraction of sp³-hybridized carbons (Fsp3) is 0.0833. The van der Waals surface area contributed by atoms with Crippen LogP contribution in [0.5, 0.6) is 5.75 Å². The zero-order chi connectivity index (χ0) is 22.4. The molecule has 0 aliphatic carbocycles. The van der Waals surface area contributed by atoms with Crippen LogP contribution in [-0.2, 0) is 11.4 Å². The van der Waals surface area contributed by atoms with Gasteiger partial charge in [0.25, 0.3) is 5.91 Å². The molecule has 7 heteroatoms. The number of carbonyl (C=O) groups is 1. The van der Waals surface area contributed by atoms with Crippen molar-refractivity contribution in [2.24, 2.45) is 0 Å². The molecule has 3 rings (SSSR count). The highest BCUT2D eigenvalue weighted by molar-refractivity contribution is 14.1. The molecule has 31 heavy (non-hydrogen) atoms. The molecule has 0 aliphatic rings. The van der Waals surface area contributed by atoms with Gasteiger partial charge >= 0.3 is 0 Å². The van der Waals surface area contributed by atoms with Crippen LogP contribution in [-0.4, -0.2) is 5.91 Å². The molecular formula is C24H17FI2N2O2. The summed E-state index contributed by atoms with van der Waals surface area (Å²) in [5.41, 5.74) is 2.74. The van der Waals surface area contributed by atoms with Crippen LogP contribution < -0.4 is 10.1 Å². The molecule has 0 unspecified atom stereocenters. The number of ether oxygens (including phenoxy) is 1. The highest BCUT2D eigenvalue weighted by atomic mass is 127. The normalized spacial score (nSPS) is 11.0. The van der Waals surface area contributed by atoms with Gasteiger partial charge in [-0.2, -0.15) is 5.26 Å². The first-order valence-corrected chi connectivity index (χ1v) is 11.4. The van der Waals surface area contributed by atoms with Gasteiger partial charge in [-0.1, -0.05) is 36.4 Å². The zero-order valence-corrected chi connectivity index (χ0v) is 20.8. The van der Waals surface area contributed by atoms with E-state index in [1.807, 2.05) is 43.3 Å². The van der Waals surface area contributed by atoms with Crippen LogP contribution in [0.4, 0.5) is 10.1 Å². The Kier molecular flexibility index (Phi) is 8.03. The third-order valence-electron chi connectivity index (χ3n) is 4.42. The first-order chi connectivity index (χ1) is 14.9. The Bertz CT molecular complexity index is 1180. The molecule has 1 N–H and O–H groups in total. The molecule has 0 heterocycles. The van der Waals surface area contributed by atoms with Crippen molar-refractivity contribution in [3.8, 4) is 11.8 Å². The van der Waals surface area contributed by atoms with Crippen LogP contribution in [0.3, 0.4) is 0 Å². The van der Waals surface area contributed by atoms with Gasteiger partial charge < -0.3 is 10.1 Å². The number of amides is 1.